The summed E-state index contributed by atoms with van der Waals surface area (Å²) in [6, 6.07) is 5.91. The van der Waals surface area contributed by atoms with Gasteiger partial charge in [-0.2, -0.15) is 12.6 Å². The largest absolute Gasteiger partial charge is 0.444 e. The summed E-state index contributed by atoms with van der Waals surface area (Å²) in [7, 11) is 0. The number of hydrogen-bond acceptors (Lipinski definition) is 5. The van der Waals surface area contributed by atoms with Crippen molar-refractivity contribution in [1.29, 1.82) is 0 Å². The van der Waals surface area contributed by atoms with Crippen molar-refractivity contribution in [3.63, 3.8) is 0 Å². The maximum Gasteiger partial charge on any atom is 0.408 e. The number of nitrogens with zero attached hydrogens (tertiary/aromatic N) is 1. The lowest BCUT2D eigenvalue weighted by Crippen LogP contribution is -2.54. The SMILES string of the molecule is C=Cc1cccc(C(C(=O)NC2CCCCC2)N(CCCCCCC)C(=O)C(CS)NC(=O)OC(C)(C)C)c1. The Morgan fingerprint density at radius 3 is 2.44 bits per heavy atom. The van der Waals surface area contributed by atoms with Gasteiger partial charge in [0.25, 0.3) is 0 Å². The van der Waals surface area contributed by atoms with Gasteiger partial charge >= 0.3 is 6.09 Å². The van der Waals surface area contributed by atoms with E-state index in [0.717, 1.165) is 68.9 Å². The van der Waals surface area contributed by atoms with Crippen molar-refractivity contribution in [3.05, 3.63) is 42.0 Å². The number of nitrogens with one attached hydrogen (secondary N) is 2. The Kier molecular flexibility index (Phi) is 13.9. The van der Waals surface area contributed by atoms with Crippen molar-refractivity contribution in [2.24, 2.45) is 0 Å². The first-order valence-electron chi connectivity index (χ1n) is 14.5. The first-order valence-corrected chi connectivity index (χ1v) is 15.2. The smallest absolute Gasteiger partial charge is 0.408 e. The fraction of sp³-hybridized carbons (Fsp3) is 0.645. The number of thiol groups is 1. The van der Waals surface area contributed by atoms with Gasteiger partial charge in [0.05, 0.1) is 0 Å². The molecule has 0 spiro atoms. The van der Waals surface area contributed by atoms with Crippen molar-refractivity contribution in [2.75, 3.05) is 12.3 Å². The van der Waals surface area contributed by atoms with Crippen molar-refractivity contribution < 1.29 is 19.1 Å². The summed E-state index contributed by atoms with van der Waals surface area (Å²) in [6.45, 7) is 11.7. The second-order valence-electron chi connectivity index (χ2n) is 11.4. The minimum atomic E-state index is -0.939. The number of unbranched alkanes of at least 4 members (excludes halogenated alkanes) is 4. The molecule has 2 N–H and O–H groups in total. The Morgan fingerprint density at radius 1 is 1.13 bits per heavy atom. The summed E-state index contributed by atoms with van der Waals surface area (Å²) < 4.78 is 5.40. The number of alkyl carbamates (subject to hydrolysis) is 1. The molecule has 1 aliphatic rings. The van der Waals surface area contributed by atoms with E-state index in [2.05, 4.69) is 36.8 Å². The van der Waals surface area contributed by atoms with Gasteiger partial charge in [-0.3, -0.25) is 9.59 Å². The van der Waals surface area contributed by atoms with Gasteiger partial charge in [-0.15, -0.1) is 0 Å². The molecule has 0 aliphatic heterocycles. The Hall–Kier alpha value is -2.48. The third-order valence-electron chi connectivity index (χ3n) is 6.93. The molecule has 8 heteroatoms. The second kappa shape index (κ2) is 16.6. The molecule has 1 aliphatic carbocycles. The normalized spacial score (nSPS) is 15.6. The number of rotatable bonds is 14. The molecule has 2 rings (SSSR count). The first-order chi connectivity index (χ1) is 18.6. The van der Waals surface area contributed by atoms with Crippen LogP contribution in [0.2, 0.25) is 0 Å². The average molecular weight is 560 g/mol. The van der Waals surface area contributed by atoms with E-state index in [1.54, 1.807) is 31.7 Å². The zero-order valence-corrected chi connectivity index (χ0v) is 25.2. The highest BCUT2D eigenvalue weighted by molar-refractivity contribution is 7.80. The zero-order valence-electron chi connectivity index (χ0n) is 24.3. The molecular formula is C31H49N3O4S. The van der Waals surface area contributed by atoms with E-state index in [9.17, 15) is 14.4 Å². The molecule has 0 heterocycles. The van der Waals surface area contributed by atoms with Gasteiger partial charge in [-0.25, -0.2) is 4.79 Å². The number of carbonyl (C=O) groups excluding carboxylic acids is 3. The Labute approximate surface area is 240 Å². The molecule has 3 amide bonds. The molecule has 0 bridgehead atoms. The molecule has 7 nitrogen and oxygen atoms in total. The van der Waals surface area contributed by atoms with Gasteiger partial charge in [0.1, 0.15) is 17.7 Å². The Bertz CT molecular complexity index is 940. The summed E-state index contributed by atoms with van der Waals surface area (Å²) >= 11 is 4.39. The molecule has 1 saturated carbocycles. The second-order valence-corrected chi connectivity index (χ2v) is 11.8. The van der Waals surface area contributed by atoms with Crippen LogP contribution >= 0.6 is 12.6 Å². The number of benzene rings is 1. The van der Waals surface area contributed by atoms with Crippen molar-refractivity contribution >= 4 is 36.6 Å². The maximum absolute atomic E-state index is 14.1. The summed E-state index contributed by atoms with van der Waals surface area (Å²) in [5.74, 6) is -0.465. The zero-order chi connectivity index (χ0) is 28.8. The van der Waals surface area contributed by atoms with Gasteiger partial charge in [-0.05, 0) is 57.2 Å². The monoisotopic (exact) mass is 559 g/mol. The van der Waals surface area contributed by atoms with Gasteiger partial charge in [0, 0.05) is 18.3 Å². The standard InChI is InChI=1S/C31H49N3O4S/c1-6-8-9-10-14-20-34(29(36)26(22-39)33-30(37)38-31(3,4)5)27(24-17-15-16-23(7-2)21-24)28(35)32-25-18-12-11-13-19-25/h7,15-17,21,25-27,39H,2,6,8-14,18-20,22H2,1,3-5H3,(H,32,35)(H,33,37). The minimum absolute atomic E-state index is 0.0775. The molecule has 2 unspecified atom stereocenters. The van der Waals surface area contributed by atoms with Crippen LogP contribution in [-0.4, -0.2) is 52.8 Å². The van der Waals surface area contributed by atoms with Crippen molar-refractivity contribution in [2.45, 2.75) is 116 Å². The number of amides is 3. The van der Waals surface area contributed by atoms with Crippen LogP contribution < -0.4 is 10.6 Å². The van der Waals surface area contributed by atoms with E-state index in [-0.39, 0.29) is 23.6 Å². The molecule has 1 aromatic rings. The van der Waals surface area contributed by atoms with E-state index in [1.807, 2.05) is 24.3 Å². The van der Waals surface area contributed by atoms with Crippen LogP contribution in [0, 0.1) is 0 Å². The average Bonchev–Trinajstić information content (AvgIpc) is 2.90. The molecule has 39 heavy (non-hydrogen) atoms. The lowest BCUT2D eigenvalue weighted by atomic mass is 9.94. The van der Waals surface area contributed by atoms with E-state index >= 15 is 0 Å². The minimum Gasteiger partial charge on any atom is -0.444 e. The highest BCUT2D eigenvalue weighted by atomic mass is 32.1. The van der Waals surface area contributed by atoms with Gasteiger partial charge in [-0.1, -0.05) is 82.7 Å². The summed E-state index contributed by atoms with van der Waals surface area (Å²) in [6.07, 6.45) is 11.3. The van der Waals surface area contributed by atoms with Crippen LogP contribution in [0.1, 0.15) is 109 Å². The highest BCUT2D eigenvalue weighted by Gasteiger charge is 2.36. The third kappa shape index (κ3) is 11.3. The fourth-order valence-electron chi connectivity index (χ4n) is 4.94. The summed E-state index contributed by atoms with van der Waals surface area (Å²) in [4.78, 5) is 42.2. The lowest BCUT2D eigenvalue weighted by Gasteiger charge is -2.35. The molecule has 2 atom stereocenters. The molecular weight excluding hydrogens is 510 g/mol. The molecule has 0 aromatic heterocycles. The van der Waals surface area contributed by atoms with Crippen LogP contribution in [0.25, 0.3) is 6.08 Å². The van der Waals surface area contributed by atoms with Gasteiger partial charge in [0.15, 0.2) is 0 Å². The van der Waals surface area contributed by atoms with Crippen molar-refractivity contribution in [3.8, 4) is 0 Å². The Morgan fingerprint density at radius 2 is 1.82 bits per heavy atom. The fourth-order valence-corrected chi connectivity index (χ4v) is 5.19. The van der Waals surface area contributed by atoms with E-state index in [0.29, 0.717) is 6.54 Å². The number of ether oxygens (including phenoxy) is 1. The lowest BCUT2D eigenvalue weighted by molar-refractivity contribution is -0.142. The summed E-state index contributed by atoms with van der Waals surface area (Å²) in [5.41, 5.74) is 0.884. The predicted octanol–water partition coefficient (Wildman–Crippen LogP) is 6.44. The van der Waals surface area contributed by atoms with E-state index in [4.69, 9.17) is 4.74 Å². The van der Waals surface area contributed by atoms with Crippen LogP contribution in [0.15, 0.2) is 30.8 Å². The van der Waals surface area contributed by atoms with Gasteiger partial charge in [0.2, 0.25) is 11.8 Å². The maximum atomic E-state index is 14.1. The number of hydrogen-bond donors (Lipinski definition) is 3. The van der Waals surface area contributed by atoms with E-state index < -0.39 is 23.8 Å². The van der Waals surface area contributed by atoms with Crippen LogP contribution in [0.3, 0.4) is 0 Å². The predicted molar refractivity (Wildman–Crippen MR) is 162 cm³/mol. The quantitative estimate of drug-likeness (QED) is 0.181. The number of carbonyl (C=O) groups is 3. The van der Waals surface area contributed by atoms with Crippen molar-refractivity contribution in [1.82, 2.24) is 15.5 Å². The van der Waals surface area contributed by atoms with Gasteiger partial charge < -0.3 is 20.3 Å². The molecule has 0 radical (unpaired) electrons. The third-order valence-corrected chi connectivity index (χ3v) is 7.30. The van der Waals surface area contributed by atoms with Crippen LogP contribution in [0.5, 0.6) is 0 Å². The molecule has 218 valence electrons. The molecule has 1 fully saturated rings. The topological polar surface area (TPSA) is 87.7 Å². The molecule has 0 saturated heterocycles. The molecule has 1 aromatic carbocycles. The Balaban J connectivity index is 2.42. The summed E-state index contributed by atoms with van der Waals surface area (Å²) in [5, 5.41) is 5.93. The highest BCUT2D eigenvalue weighted by Crippen LogP contribution is 2.27. The van der Waals surface area contributed by atoms with Crippen LogP contribution in [0.4, 0.5) is 4.79 Å². The van der Waals surface area contributed by atoms with Crippen LogP contribution in [-0.2, 0) is 14.3 Å². The first kappa shape index (κ1) is 32.7. The van der Waals surface area contributed by atoms with E-state index in [1.165, 1.54) is 6.42 Å².